The van der Waals surface area contributed by atoms with Gasteiger partial charge in [0.05, 0.1) is 11.1 Å². The minimum absolute atomic E-state index is 0.0936. The molecule has 100 valence electrons. The van der Waals surface area contributed by atoms with Crippen molar-refractivity contribution < 1.29 is 4.84 Å². The van der Waals surface area contributed by atoms with Gasteiger partial charge in [-0.2, -0.15) is 0 Å². The molecule has 2 nitrogen and oxygen atoms in total. The zero-order valence-electron chi connectivity index (χ0n) is 11.3. The Hall–Kier alpha value is -2.09. The smallest absolute Gasteiger partial charge is 0.125 e. The number of hydrogen-bond acceptors (Lipinski definition) is 2. The summed E-state index contributed by atoms with van der Waals surface area (Å²) in [5.74, 6) is 0.482. The van der Waals surface area contributed by atoms with Crippen LogP contribution in [0.2, 0.25) is 0 Å². The molecule has 0 radical (unpaired) electrons. The largest absolute Gasteiger partial charge is 0.395 e. The van der Waals surface area contributed by atoms with Gasteiger partial charge < -0.3 is 4.84 Å². The van der Waals surface area contributed by atoms with Gasteiger partial charge in [-0.15, -0.1) is 0 Å². The summed E-state index contributed by atoms with van der Waals surface area (Å²) < 4.78 is 0. The van der Waals surface area contributed by atoms with Crippen LogP contribution < -0.4 is 0 Å². The molecule has 1 heterocycles. The third-order valence-electron chi connectivity index (χ3n) is 4.66. The maximum atomic E-state index is 5.40. The van der Waals surface area contributed by atoms with Gasteiger partial charge in [-0.3, -0.25) is 0 Å². The highest BCUT2D eigenvalue weighted by Gasteiger charge is 2.50. The molecule has 2 aromatic carbocycles. The molecule has 0 spiro atoms. The van der Waals surface area contributed by atoms with Crippen molar-refractivity contribution in [3.05, 3.63) is 71.8 Å². The van der Waals surface area contributed by atoms with E-state index in [1.54, 1.807) is 0 Å². The van der Waals surface area contributed by atoms with Gasteiger partial charge in [-0.25, -0.2) is 0 Å². The van der Waals surface area contributed by atoms with Crippen molar-refractivity contribution in [1.29, 1.82) is 0 Å². The molecule has 1 atom stereocenters. The van der Waals surface area contributed by atoms with Gasteiger partial charge >= 0.3 is 0 Å². The van der Waals surface area contributed by atoms with Gasteiger partial charge in [0, 0.05) is 5.92 Å². The fraction of sp³-hybridized carbons (Fsp3) is 0.278. The summed E-state index contributed by atoms with van der Waals surface area (Å²) in [6, 6.07) is 21.5. The number of oxime groups is 1. The third kappa shape index (κ3) is 1.54. The lowest BCUT2D eigenvalue weighted by atomic mass is 9.71. The predicted molar refractivity (Wildman–Crippen MR) is 79.8 cm³/mol. The molecule has 1 aliphatic carbocycles. The summed E-state index contributed by atoms with van der Waals surface area (Å²) in [6.07, 6.45) is 2.27. The first-order valence-corrected chi connectivity index (χ1v) is 7.22. The number of hydrogen-bond donors (Lipinski definition) is 0. The van der Waals surface area contributed by atoms with Crippen LogP contribution in [0.25, 0.3) is 0 Å². The third-order valence-corrected chi connectivity index (χ3v) is 4.66. The van der Waals surface area contributed by atoms with Crippen molar-refractivity contribution in [2.24, 2.45) is 11.1 Å². The lowest BCUT2D eigenvalue weighted by molar-refractivity contribution is 0.151. The highest BCUT2D eigenvalue weighted by Crippen LogP contribution is 2.48. The van der Waals surface area contributed by atoms with Crippen LogP contribution in [-0.2, 0) is 10.3 Å². The Morgan fingerprint density at radius 3 is 2.10 bits per heavy atom. The van der Waals surface area contributed by atoms with Gasteiger partial charge in [-0.1, -0.05) is 65.8 Å². The first kappa shape index (κ1) is 11.7. The minimum Gasteiger partial charge on any atom is -0.395 e. The van der Waals surface area contributed by atoms with E-state index in [0.29, 0.717) is 5.92 Å². The van der Waals surface area contributed by atoms with Crippen LogP contribution in [-0.4, -0.2) is 12.3 Å². The second-order valence-corrected chi connectivity index (χ2v) is 5.65. The van der Waals surface area contributed by atoms with E-state index in [2.05, 4.69) is 65.8 Å². The molecule has 1 saturated carbocycles. The molecule has 1 fully saturated rings. The van der Waals surface area contributed by atoms with Gasteiger partial charge in [0.15, 0.2) is 0 Å². The summed E-state index contributed by atoms with van der Waals surface area (Å²) in [5.41, 5.74) is 3.79. The Labute approximate surface area is 119 Å². The van der Waals surface area contributed by atoms with Crippen LogP contribution in [0.15, 0.2) is 65.8 Å². The number of benzene rings is 2. The van der Waals surface area contributed by atoms with E-state index in [1.807, 2.05) is 0 Å². The van der Waals surface area contributed by atoms with Crippen LogP contribution in [0, 0.1) is 5.92 Å². The first-order chi connectivity index (χ1) is 9.91. The molecule has 0 bridgehead atoms. The van der Waals surface area contributed by atoms with E-state index in [-0.39, 0.29) is 5.41 Å². The monoisotopic (exact) mass is 263 g/mol. The van der Waals surface area contributed by atoms with Crippen molar-refractivity contribution in [2.75, 3.05) is 6.61 Å². The van der Waals surface area contributed by atoms with Crippen LogP contribution in [0.4, 0.5) is 0 Å². The van der Waals surface area contributed by atoms with Crippen molar-refractivity contribution in [2.45, 2.75) is 18.3 Å². The topological polar surface area (TPSA) is 21.6 Å². The van der Waals surface area contributed by atoms with Crippen molar-refractivity contribution >= 4 is 5.71 Å². The zero-order valence-corrected chi connectivity index (χ0v) is 11.3. The predicted octanol–water partition coefficient (Wildman–Crippen LogP) is 3.77. The zero-order chi connectivity index (χ0) is 13.4. The quantitative estimate of drug-likeness (QED) is 0.808. The standard InChI is InChI=1S/C18H17NO/c1-3-7-15(8-4-1)18(16-9-5-2-6-10-16)12-11-14-13-20-19-17(14)18/h1-10,14H,11-13H2/t14-/m0/s1. The fourth-order valence-corrected chi connectivity index (χ4v) is 3.71. The van der Waals surface area contributed by atoms with Gasteiger partial charge in [0.2, 0.25) is 0 Å². The van der Waals surface area contributed by atoms with Crippen molar-refractivity contribution in [1.82, 2.24) is 0 Å². The van der Waals surface area contributed by atoms with Crippen molar-refractivity contribution in [3.63, 3.8) is 0 Å². The first-order valence-electron chi connectivity index (χ1n) is 7.22. The van der Waals surface area contributed by atoms with Gasteiger partial charge in [0.1, 0.15) is 6.61 Å². The highest BCUT2D eigenvalue weighted by molar-refractivity contribution is 6.02. The number of rotatable bonds is 2. The van der Waals surface area contributed by atoms with Crippen LogP contribution in [0.5, 0.6) is 0 Å². The summed E-state index contributed by atoms with van der Waals surface area (Å²) in [6.45, 7) is 0.747. The maximum absolute atomic E-state index is 5.40. The Balaban J connectivity index is 1.95. The summed E-state index contributed by atoms with van der Waals surface area (Å²) in [7, 11) is 0. The molecule has 0 unspecified atom stereocenters. The summed E-state index contributed by atoms with van der Waals surface area (Å²) in [4.78, 5) is 5.40. The lowest BCUT2D eigenvalue weighted by Gasteiger charge is -2.30. The van der Waals surface area contributed by atoms with E-state index < -0.39 is 0 Å². The molecule has 0 aromatic heterocycles. The molecule has 0 saturated heterocycles. The second kappa shape index (κ2) is 4.48. The average Bonchev–Trinajstić information content (AvgIpc) is 3.11. The molecule has 2 aromatic rings. The molecular formula is C18H17NO. The Bertz CT molecular complexity index is 593. The van der Waals surface area contributed by atoms with Crippen molar-refractivity contribution in [3.8, 4) is 0 Å². The Kier molecular flexibility index (Phi) is 2.62. The average molecular weight is 263 g/mol. The molecule has 4 rings (SSSR count). The molecule has 0 amide bonds. The molecule has 20 heavy (non-hydrogen) atoms. The van der Waals surface area contributed by atoms with E-state index in [1.165, 1.54) is 16.8 Å². The molecule has 1 aliphatic heterocycles. The molecular weight excluding hydrogens is 246 g/mol. The SMILES string of the molecule is c1ccc(C2(c3ccccc3)CC[C@H]3CON=C32)cc1. The Morgan fingerprint density at radius 2 is 1.50 bits per heavy atom. The van der Waals surface area contributed by atoms with E-state index in [4.69, 9.17) is 4.84 Å². The van der Waals surface area contributed by atoms with Crippen LogP contribution >= 0.6 is 0 Å². The van der Waals surface area contributed by atoms with Gasteiger partial charge in [0.25, 0.3) is 0 Å². The minimum atomic E-state index is -0.0936. The summed E-state index contributed by atoms with van der Waals surface area (Å²) >= 11 is 0. The van der Waals surface area contributed by atoms with Crippen LogP contribution in [0.1, 0.15) is 24.0 Å². The Morgan fingerprint density at radius 1 is 0.900 bits per heavy atom. The number of fused-ring (bicyclic) bond motifs is 1. The normalized spacial score (nSPS) is 23.0. The molecule has 0 N–H and O–H groups in total. The molecule has 2 heteroatoms. The second-order valence-electron chi connectivity index (χ2n) is 5.65. The highest BCUT2D eigenvalue weighted by atomic mass is 16.6. The van der Waals surface area contributed by atoms with Gasteiger partial charge in [-0.05, 0) is 24.0 Å². The van der Waals surface area contributed by atoms with Crippen LogP contribution in [0.3, 0.4) is 0 Å². The van der Waals surface area contributed by atoms with E-state index >= 15 is 0 Å². The fourth-order valence-electron chi connectivity index (χ4n) is 3.71. The lowest BCUT2D eigenvalue weighted by Crippen LogP contribution is -2.33. The van der Waals surface area contributed by atoms with E-state index in [9.17, 15) is 0 Å². The molecule has 2 aliphatic rings. The van der Waals surface area contributed by atoms with E-state index in [0.717, 1.165) is 19.4 Å². The summed E-state index contributed by atoms with van der Waals surface area (Å²) in [5, 5.41) is 4.42. The maximum Gasteiger partial charge on any atom is 0.125 e. The number of nitrogens with zero attached hydrogens (tertiary/aromatic N) is 1.